The summed E-state index contributed by atoms with van der Waals surface area (Å²) in [5.74, 6) is -6.37. The van der Waals surface area contributed by atoms with Crippen molar-refractivity contribution in [2.45, 2.75) is 63.1 Å². The highest BCUT2D eigenvalue weighted by molar-refractivity contribution is 6.24. The molecule has 0 radical (unpaired) electrons. The number of hydrogen-bond acceptors (Lipinski definition) is 11. The number of aliphatic hydroxyl groups excluding tert-OH is 2. The van der Waals surface area contributed by atoms with E-state index < -0.39 is 58.0 Å². The number of phenolic OH excluding ortho intramolecular Hbond substituents is 1. The van der Waals surface area contributed by atoms with Gasteiger partial charge in [-0.25, -0.2) is 0 Å². The predicted molar refractivity (Wildman–Crippen MR) is 150 cm³/mol. The lowest BCUT2D eigenvalue weighted by atomic mass is 9.57. The Balaban J connectivity index is 1.33. The van der Waals surface area contributed by atoms with Crippen LogP contribution < -0.4 is 11.1 Å². The molecule has 4 aliphatic carbocycles. The van der Waals surface area contributed by atoms with Gasteiger partial charge in [0.15, 0.2) is 17.1 Å². The maximum Gasteiger partial charge on any atom is 0.255 e. The molecule has 7 N–H and O–H groups in total. The number of aromatic nitrogens is 1. The predicted octanol–water partition coefficient (Wildman–Crippen LogP) is 1.95. The molecule has 1 aromatic heterocycles. The van der Waals surface area contributed by atoms with E-state index in [-0.39, 0.29) is 47.1 Å². The molecule has 1 aliphatic heterocycles. The summed E-state index contributed by atoms with van der Waals surface area (Å²) in [5.41, 5.74) is 3.60. The van der Waals surface area contributed by atoms with Gasteiger partial charge < -0.3 is 40.7 Å². The van der Waals surface area contributed by atoms with Crippen molar-refractivity contribution >= 4 is 23.2 Å². The molecule has 1 saturated heterocycles. The average Bonchev–Trinajstić information content (AvgIpc) is 3.39. The Morgan fingerprint density at radius 3 is 2.49 bits per heavy atom. The van der Waals surface area contributed by atoms with Crippen LogP contribution in [0.2, 0.25) is 0 Å². The van der Waals surface area contributed by atoms with Crippen LogP contribution in [-0.2, 0) is 25.5 Å². The minimum Gasteiger partial charge on any atom is -0.508 e. The highest BCUT2D eigenvalue weighted by atomic mass is 16.5. The zero-order chi connectivity index (χ0) is 30.6. The lowest BCUT2D eigenvalue weighted by molar-refractivity contribution is -0.172. The molecular weight excluding hydrogens is 558 g/mol. The van der Waals surface area contributed by atoms with E-state index in [1.807, 2.05) is 13.8 Å². The number of aliphatic hydroxyl groups is 3. The van der Waals surface area contributed by atoms with Crippen LogP contribution >= 0.6 is 0 Å². The van der Waals surface area contributed by atoms with Crippen molar-refractivity contribution in [3.63, 3.8) is 0 Å². The first-order valence-electron chi connectivity index (χ1n) is 14.5. The Morgan fingerprint density at radius 2 is 1.88 bits per heavy atom. The van der Waals surface area contributed by atoms with Gasteiger partial charge in [-0.2, -0.15) is 0 Å². The lowest BCUT2D eigenvalue weighted by Gasteiger charge is -2.56. The Labute approximate surface area is 246 Å². The molecule has 1 spiro atoms. The minimum atomic E-state index is -2.70. The molecule has 0 unspecified atom stereocenters. The highest BCUT2D eigenvalue weighted by Crippen LogP contribution is 2.54. The molecule has 12 heteroatoms. The third-order valence-corrected chi connectivity index (χ3v) is 10.1. The van der Waals surface area contributed by atoms with E-state index in [2.05, 4.69) is 10.5 Å². The second-order valence-electron chi connectivity index (χ2n) is 13.1. The van der Waals surface area contributed by atoms with Crippen molar-refractivity contribution in [3.05, 3.63) is 51.9 Å². The molecule has 2 aromatic rings. The summed E-state index contributed by atoms with van der Waals surface area (Å²) in [4.78, 5) is 40.1. The fraction of sp³-hybridized carbons (Fsp3) is 0.484. The van der Waals surface area contributed by atoms with Crippen molar-refractivity contribution < 1.29 is 44.1 Å². The summed E-state index contributed by atoms with van der Waals surface area (Å²) >= 11 is 0. The summed E-state index contributed by atoms with van der Waals surface area (Å²) in [6.45, 7) is 5.18. The number of carbonyl (C=O) groups excluding carboxylic acids is 3. The largest absolute Gasteiger partial charge is 0.508 e. The number of hydrogen-bond donors (Lipinski definition) is 6. The molecule has 0 bridgehead atoms. The maximum atomic E-state index is 14.2. The molecule has 12 nitrogen and oxygen atoms in total. The van der Waals surface area contributed by atoms with Crippen LogP contribution in [0.4, 0.5) is 0 Å². The van der Waals surface area contributed by atoms with Gasteiger partial charge in [0.05, 0.1) is 30.5 Å². The number of ketones is 2. The summed E-state index contributed by atoms with van der Waals surface area (Å²) in [7, 11) is 0. The molecule has 226 valence electrons. The summed E-state index contributed by atoms with van der Waals surface area (Å²) in [6, 6.07) is 3.48. The molecule has 4 atom stereocenters. The Hall–Kier alpha value is -4.00. The molecule has 2 saturated carbocycles. The van der Waals surface area contributed by atoms with E-state index in [1.54, 1.807) is 12.1 Å². The number of fused-ring (bicyclic) bond motifs is 3. The fourth-order valence-electron chi connectivity index (χ4n) is 7.77. The molecule has 3 fully saturated rings. The highest BCUT2D eigenvalue weighted by Gasteiger charge is 2.64. The van der Waals surface area contributed by atoms with Crippen LogP contribution in [0.5, 0.6) is 5.75 Å². The van der Waals surface area contributed by atoms with Crippen molar-refractivity contribution in [2.24, 2.45) is 23.0 Å². The first-order chi connectivity index (χ1) is 20.4. The molecule has 2 heterocycles. The van der Waals surface area contributed by atoms with E-state index in [1.165, 1.54) is 6.07 Å². The molecule has 7 rings (SSSR count). The van der Waals surface area contributed by atoms with Gasteiger partial charge in [0.1, 0.15) is 22.8 Å². The standard InChI is InChI=1S/C31H33N3O9/c1-12(2)18-7-20(43-34-18)15-3-4-19(35)22-16(15)5-13-6-17-24(33-14-8-30(9-14)10-42-11-30)26(37)23(29(32)40)28(39)31(17,41)27(38)21(13)25(22)36/h3-4,7,12-14,17,24,33,35-36,39,41H,5-6,8-11H2,1-2H3,(H2,32,40)/t13-,17-,24+,31-/m0/s1. The second-order valence-corrected chi connectivity index (χ2v) is 13.1. The van der Waals surface area contributed by atoms with Gasteiger partial charge in [0.25, 0.3) is 5.91 Å². The van der Waals surface area contributed by atoms with Crippen LogP contribution in [0.15, 0.2) is 39.6 Å². The third-order valence-electron chi connectivity index (χ3n) is 10.1. The Morgan fingerprint density at radius 1 is 1.16 bits per heavy atom. The molecule has 43 heavy (non-hydrogen) atoms. The van der Waals surface area contributed by atoms with Crippen LogP contribution in [0, 0.1) is 17.3 Å². The Kier molecular flexibility index (Phi) is 5.98. The number of rotatable bonds is 5. The quantitative estimate of drug-likeness (QED) is 0.277. The second kappa shape index (κ2) is 9.25. The number of nitrogens with zero attached hydrogens (tertiary/aromatic N) is 1. The number of ether oxygens (including phenoxy) is 1. The smallest absolute Gasteiger partial charge is 0.255 e. The normalized spacial score (nSPS) is 29.7. The van der Waals surface area contributed by atoms with Crippen molar-refractivity contribution in [1.82, 2.24) is 10.5 Å². The number of phenols is 1. The number of Topliss-reactive ketones (excluding diaryl/α,β-unsaturated/α-hetero) is 2. The van der Waals surface area contributed by atoms with E-state index in [4.69, 9.17) is 15.0 Å². The van der Waals surface area contributed by atoms with E-state index in [0.717, 1.165) is 18.5 Å². The molecule has 1 aromatic carbocycles. The monoisotopic (exact) mass is 591 g/mol. The molecule has 1 amide bonds. The molecule has 5 aliphatic rings. The number of amides is 1. The summed E-state index contributed by atoms with van der Waals surface area (Å²) in [5, 5.41) is 52.8. The van der Waals surface area contributed by atoms with Gasteiger partial charge in [-0.05, 0) is 55.2 Å². The maximum absolute atomic E-state index is 14.2. The van der Waals surface area contributed by atoms with E-state index in [9.17, 15) is 34.8 Å². The Bertz CT molecular complexity index is 1660. The van der Waals surface area contributed by atoms with E-state index >= 15 is 0 Å². The molecular formula is C31H33N3O9. The zero-order valence-corrected chi connectivity index (χ0v) is 23.7. The van der Waals surface area contributed by atoms with Gasteiger partial charge >= 0.3 is 0 Å². The van der Waals surface area contributed by atoms with Crippen LogP contribution in [0.1, 0.15) is 55.8 Å². The minimum absolute atomic E-state index is 0.00397. The number of aromatic hydroxyl groups is 1. The van der Waals surface area contributed by atoms with Crippen molar-refractivity contribution in [2.75, 3.05) is 13.2 Å². The number of carbonyl (C=O) groups is 3. The van der Waals surface area contributed by atoms with E-state index in [0.29, 0.717) is 30.1 Å². The van der Waals surface area contributed by atoms with Crippen molar-refractivity contribution in [1.29, 1.82) is 0 Å². The van der Waals surface area contributed by atoms with Crippen LogP contribution in [-0.4, -0.2) is 74.0 Å². The topological polar surface area (TPSA) is 205 Å². The van der Waals surface area contributed by atoms with Gasteiger partial charge in [-0.15, -0.1) is 0 Å². The fourth-order valence-corrected chi connectivity index (χ4v) is 7.77. The number of nitrogens with one attached hydrogen (secondary N) is 1. The van der Waals surface area contributed by atoms with Crippen molar-refractivity contribution in [3.8, 4) is 17.1 Å². The van der Waals surface area contributed by atoms with Gasteiger partial charge in [-0.3, -0.25) is 14.4 Å². The number of primary amides is 1. The first kappa shape index (κ1) is 27.8. The van der Waals surface area contributed by atoms with Crippen LogP contribution in [0.25, 0.3) is 17.1 Å². The van der Waals surface area contributed by atoms with Gasteiger partial charge in [0.2, 0.25) is 5.78 Å². The third kappa shape index (κ3) is 3.79. The van der Waals surface area contributed by atoms with Crippen LogP contribution in [0.3, 0.4) is 0 Å². The average molecular weight is 592 g/mol. The summed E-state index contributed by atoms with van der Waals surface area (Å²) in [6.07, 6.45) is 1.60. The number of nitrogens with two attached hydrogens (primary N) is 1. The van der Waals surface area contributed by atoms with Gasteiger partial charge in [0, 0.05) is 34.6 Å². The SMILES string of the molecule is CC(C)c1cc(-c2ccc(O)c3c2C[C@H]2C[C@H]4[C@@H](NC5CC6(COC6)C5)C(=O)C(C(N)=O)=C(O)[C@@]4(O)C(=O)C2=C3O)on1. The lowest BCUT2D eigenvalue weighted by Crippen LogP contribution is -2.69. The summed E-state index contributed by atoms with van der Waals surface area (Å²) < 4.78 is 10.9. The zero-order valence-electron chi connectivity index (χ0n) is 23.7. The first-order valence-corrected chi connectivity index (χ1v) is 14.5. The number of benzene rings is 1. The van der Waals surface area contributed by atoms with Gasteiger partial charge in [-0.1, -0.05) is 19.0 Å².